The van der Waals surface area contributed by atoms with Crippen LogP contribution in [0.1, 0.15) is 5.56 Å². The van der Waals surface area contributed by atoms with Crippen molar-refractivity contribution in [2.24, 2.45) is 0 Å². The first-order chi connectivity index (χ1) is 12.5. The monoisotopic (exact) mass is 421 g/mol. The molecule has 0 aliphatic heterocycles. The first-order valence-corrected chi connectivity index (χ1v) is 9.25. The average molecular weight is 423 g/mol. The smallest absolute Gasteiger partial charge is 0.144 e. The average Bonchev–Trinajstić information content (AvgIpc) is 2.93. The summed E-state index contributed by atoms with van der Waals surface area (Å²) < 4.78 is 2.03. The van der Waals surface area contributed by atoms with Gasteiger partial charge in [0.2, 0.25) is 0 Å². The fourth-order valence-electron chi connectivity index (χ4n) is 2.86. The van der Waals surface area contributed by atoms with Crippen molar-refractivity contribution >= 4 is 57.4 Å². The zero-order chi connectivity index (χ0) is 18.3. The highest BCUT2D eigenvalue weighted by molar-refractivity contribution is 6.42. The van der Waals surface area contributed by atoms with Gasteiger partial charge in [0.15, 0.2) is 0 Å². The van der Waals surface area contributed by atoms with E-state index in [1.807, 2.05) is 47.0 Å². The van der Waals surface area contributed by atoms with Crippen molar-refractivity contribution in [1.29, 1.82) is 0 Å². The molecule has 2 heterocycles. The summed E-state index contributed by atoms with van der Waals surface area (Å²) in [6, 6.07) is 14.9. The van der Waals surface area contributed by atoms with Crippen molar-refractivity contribution in [2.45, 2.75) is 6.54 Å². The third-order valence-corrected chi connectivity index (χ3v) is 5.28. The Hall–Kier alpha value is -1.78. The van der Waals surface area contributed by atoms with E-state index >= 15 is 0 Å². The Balaban J connectivity index is 1.97. The number of benzene rings is 2. The molecular weight excluding hydrogens is 412 g/mol. The molecule has 4 rings (SSSR count). The summed E-state index contributed by atoms with van der Waals surface area (Å²) in [4.78, 5) is 8.89. The zero-order valence-electron chi connectivity index (χ0n) is 13.3. The lowest BCUT2D eigenvalue weighted by Gasteiger charge is -2.11. The van der Waals surface area contributed by atoms with Gasteiger partial charge in [-0.15, -0.1) is 0 Å². The van der Waals surface area contributed by atoms with Gasteiger partial charge in [0.1, 0.15) is 11.0 Å². The predicted molar refractivity (Wildman–Crippen MR) is 109 cm³/mol. The summed E-state index contributed by atoms with van der Waals surface area (Å²) >= 11 is 24.9. The highest BCUT2D eigenvalue weighted by Gasteiger charge is 2.17. The van der Waals surface area contributed by atoms with Crippen LogP contribution in [0.25, 0.3) is 22.4 Å². The number of hydrogen-bond acceptors (Lipinski definition) is 2. The van der Waals surface area contributed by atoms with E-state index in [0.29, 0.717) is 32.6 Å². The molecule has 0 aliphatic carbocycles. The van der Waals surface area contributed by atoms with Gasteiger partial charge in [-0.2, -0.15) is 0 Å². The SMILES string of the molecule is Clc1cccc(Cn2c(-c3cccnc3Cl)nc3cc(Cl)c(Cl)cc32)c1. The minimum atomic E-state index is 0.382. The number of fused-ring (bicyclic) bond motifs is 1. The normalized spacial score (nSPS) is 11.2. The van der Waals surface area contributed by atoms with Crippen molar-refractivity contribution < 1.29 is 0 Å². The van der Waals surface area contributed by atoms with Crippen LogP contribution in [0.15, 0.2) is 54.7 Å². The van der Waals surface area contributed by atoms with E-state index in [9.17, 15) is 0 Å². The third kappa shape index (κ3) is 3.28. The molecule has 7 heteroatoms. The van der Waals surface area contributed by atoms with Crippen LogP contribution in [0.2, 0.25) is 20.2 Å². The van der Waals surface area contributed by atoms with Gasteiger partial charge < -0.3 is 4.57 Å². The molecule has 4 aromatic rings. The molecule has 0 saturated carbocycles. The second-order valence-electron chi connectivity index (χ2n) is 5.75. The lowest BCUT2D eigenvalue weighted by Crippen LogP contribution is -2.03. The molecule has 3 nitrogen and oxygen atoms in total. The molecule has 0 radical (unpaired) electrons. The molecular formula is C19H11Cl4N3. The van der Waals surface area contributed by atoms with Gasteiger partial charge in [-0.1, -0.05) is 58.5 Å². The Bertz CT molecular complexity index is 1120. The summed E-state index contributed by atoms with van der Waals surface area (Å²) in [5.41, 5.74) is 3.36. The highest BCUT2D eigenvalue weighted by Crippen LogP contribution is 2.33. The molecule has 0 amide bonds. The molecule has 26 heavy (non-hydrogen) atoms. The number of aromatic nitrogens is 3. The van der Waals surface area contributed by atoms with E-state index in [4.69, 9.17) is 51.4 Å². The first kappa shape index (κ1) is 17.6. The van der Waals surface area contributed by atoms with Crippen LogP contribution in [0.4, 0.5) is 0 Å². The Morgan fingerprint density at radius 2 is 1.69 bits per heavy atom. The van der Waals surface area contributed by atoms with Gasteiger partial charge in [-0.25, -0.2) is 9.97 Å². The minimum absolute atomic E-state index is 0.382. The molecule has 0 unspecified atom stereocenters. The summed E-state index contributed by atoms with van der Waals surface area (Å²) in [6.07, 6.45) is 1.64. The number of nitrogens with zero attached hydrogens (tertiary/aromatic N) is 3. The summed E-state index contributed by atoms with van der Waals surface area (Å²) in [7, 11) is 0. The lowest BCUT2D eigenvalue weighted by atomic mass is 10.2. The van der Waals surface area contributed by atoms with Crippen molar-refractivity contribution in [1.82, 2.24) is 14.5 Å². The molecule has 0 fully saturated rings. The number of imidazole rings is 1. The topological polar surface area (TPSA) is 30.7 Å². The summed E-state index contributed by atoms with van der Waals surface area (Å²) in [5.74, 6) is 0.691. The number of rotatable bonds is 3. The summed E-state index contributed by atoms with van der Waals surface area (Å²) in [6.45, 7) is 0.551. The third-order valence-electron chi connectivity index (χ3n) is 4.02. The molecule has 0 N–H and O–H groups in total. The van der Waals surface area contributed by atoms with E-state index in [0.717, 1.165) is 22.2 Å². The standard InChI is InChI=1S/C19H11Cl4N3/c20-12-4-1-3-11(7-12)10-26-17-9-15(22)14(21)8-16(17)25-19(26)13-5-2-6-24-18(13)23/h1-9H,10H2. The largest absolute Gasteiger partial charge is 0.319 e. The zero-order valence-corrected chi connectivity index (χ0v) is 16.3. The Morgan fingerprint density at radius 1 is 0.885 bits per heavy atom. The van der Waals surface area contributed by atoms with Gasteiger partial charge in [0.25, 0.3) is 0 Å². The molecule has 0 saturated heterocycles. The number of halogens is 4. The van der Waals surface area contributed by atoms with Crippen molar-refractivity contribution in [3.63, 3.8) is 0 Å². The van der Waals surface area contributed by atoms with Crippen molar-refractivity contribution in [2.75, 3.05) is 0 Å². The highest BCUT2D eigenvalue weighted by atomic mass is 35.5. The first-order valence-electron chi connectivity index (χ1n) is 7.73. The van der Waals surface area contributed by atoms with Gasteiger partial charge >= 0.3 is 0 Å². The number of hydrogen-bond donors (Lipinski definition) is 0. The fraction of sp³-hybridized carbons (Fsp3) is 0.0526. The molecule has 0 bridgehead atoms. The van der Waals surface area contributed by atoms with Gasteiger partial charge in [0.05, 0.1) is 26.6 Å². The molecule has 2 aromatic heterocycles. The molecule has 0 aliphatic rings. The molecule has 130 valence electrons. The van der Waals surface area contributed by atoms with E-state index in [-0.39, 0.29) is 0 Å². The summed E-state index contributed by atoms with van der Waals surface area (Å²) in [5, 5.41) is 1.98. The minimum Gasteiger partial charge on any atom is -0.319 e. The van der Waals surface area contributed by atoms with Crippen LogP contribution in [-0.2, 0) is 6.54 Å². The van der Waals surface area contributed by atoms with Crippen LogP contribution in [0.5, 0.6) is 0 Å². The molecule has 2 aromatic carbocycles. The van der Waals surface area contributed by atoms with E-state index in [1.54, 1.807) is 12.3 Å². The van der Waals surface area contributed by atoms with Gasteiger partial charge in [0, 0.05) is 17.8 Å². The lowest BCUT2D eigenvalue weighted by molar-refractivity contribution is 0.834. The van der Waals surface area contributed by atoms with Crippen LogP contribution in [0, 0.1) is 0 Å². The second kappa shape index (κ2) is 7.09. The van der Waals surface area contributed by atoms with E-state index in [2.05, 4.69) is 4.98 Å². The Kier molecular flexibility index (Phi) is 4.80. The van der Waals surface area contributed by atoms with E-state index < -0.39 is 0 Å². The second-order valence-corrected chi connectivity index (χ2v) is 7.36. The van der Waals surface area contributed by atoms with E-state index in [1.165, 1.54) is 0 Å². The van der Waals surface area contributed by atoms with Crippen LogP contribution in [-0.4, -0.2) is 14.5 Å². The van der Waals surface area contributed by atoms with Gasteiger partial charge in [-0.05, 0) is 42.0 Å². The van der Waals surface area contributed by atoms with Crippen LogP contribution in [0.3, 0.4) is 0 Å². The maximum absolute atomic E-state index is 6.31. The van der Waals surface area contributed by atoms with Crippen LogP contribution >= 0.6 is 46.4 Å². The molecule has 0 spiro atoms. The molecule has 0 atom stereocenters. The van der Waals surface area contributed by atoms with Crippen LogP contribution < -0.4 is 0 Å². The van der Waals surface area contributed by atoms with Gasteiger partial charge in [-0.3, -0.25) is 0 Å². The number of pyridine rings is 1. The maximum atomic E-state index is 6.31. The Morgan fingerprint density at radius 3 is 2.46 bits per heavy atom. The fourth-order valence-corrected chi connectivity index (χ4v) is 3.59. The predicted octanol–water partition coefficient (Wildman–Crippen LogP) is 6.76. The Labute approximate surface area is 170 Å². The maximum Gasteiger partial charge on any atom is 0.144 e. The van der Waals surface area contributed by atoms with Crippen molar-refractivity contribution in [3.8, 4) is 11.4 Å². The quantitative estimate of drug-likeness (QED) is 0.341. The van der Waals surface area contributed by atoms with Crippen molar-refractivity contribution in [3.05, 3.63) is 80.5 Å².